The standard InChI is InChI=1S/C29H23FN4O4.C29H27FN4O2.C26H27FN4O2.C21H16FN5O2/c30-24-11-10-18(13-25-19-8-4-5-9-20(19)26(35)32-31-25)12-21(24)27(36)33-15-22-23(16-33)29(38)34(28(22)37)14-17-6-2-1-3-7-17;30-26-11-10-20(13-27-23-8-4-5-9-24(23)28(35)32-31-27)12-25(26)29(36)34-17-21-15-33(16-22(21)18-34)14-19-6-2-1-3-7-19;27-23-8-7-17(10-24-20-3-1-2-4-21(20)25(32)29-28-24)9-22(23)26(33)31-14-18-12-30(11-16-5-6-16)13-19(18)15-31;22-17-6-5-12(8-18-14-3-1-2-4-15(14)20(28)26-25-18)7-16(17)21(29)27-10-13-9-23-24-19(13)11-27/h1-12,22-23H,13-16H2,(H,32,35);1-12,21-22H,13-18H2,(H,32,35);1-4,7-9,16,18-19H,5-6,10-15H2,(H,29,32);1-7,9H,8,10-11H2,(H,23,24)(H,26,28). The monoisotopic (exact) mass is 1830 g/mol. The van der Waals surface area contributed by atoms with Crippen molar-refractivity contribution >= 4 is 78.5 Å². The van der Waals surface area contributed by atoms with Gasteiger partial charge in [-0.2, -0.15) is 25.5 Å². The van der Waals surface area contributed by atoms with Crippen LogP contribution in [0.25, 0.3) is 43.1 Å². The molecule has 1 aliphatic carbocycles. The van der Waals surface area contributed by atoms with Crippen LogP contribution in [-0.4, -0.2) is 193 Å². The van der Waals surface area contributed by atoms with Gasteiger partial charge >= 0.3 is 0 Å². The number of benzene rings is 10. The number of carbonyl (C=O) groups excluding carboxylic acids is 6. The summed E-state index contributed by atoms with van der Waals surface area (Å²) in [6.45, 7) is 9.98. The Kier molecular flexibility index (Phi) is 24.7. The van der Waals surface area contributed by atoms with Crippen LogP contribution in [0.2, 0.25) is 0 Å². The molecule has 0 spiro atoms. The zero-order valence-corrected chi connectivity index (χ0v) is 73.9. The number of H-pyrrole nitrogens is 5. The molecule has 6 atom stereocenters. The number of halogens is 4. The molecular formula is C105H93F4N17O10. The molecule has 6 saturated heterocycles. The molecule has 136 heavy (non-hydrogen) atoms. The van der Waals surface area contributed by atoms with E-state index < -0.39 is 41.0 Å². The third kappa shape index (κ3) is 18.5. The first kappa shape index (κ1) is 88.5. The van der Waals surface area contributed by atoms with Gasteiger partial charge in [-0.15, -0.1) is 0 Å². The average Bonchev–Trinajstić information content (AvgIpc) is 1.65. The maximum absolute atomic E-state index is 14.8. The maximum Gasteiger partial charge on any atom is 0.272 e. The Balaban J connectivity index is 0.000000113. The molecule has 5 aromatic heterocycles. The highest BCUT2D eigenvalue weighted by Crippen LogP contribution is 2.40. The number of fused-ring (bicyclic) bond motifs is 8. The summed E-state index contributed by atoms with van der Waals surface area (Å²) in [5.74, 6) is -2.80. The second-order valence-corrected chi connectivity index (χ2v) is 36.7. The van der Waals surface area contributed by atoms with Gasteiger partial charge in [-0.25, -0.2) is 38.0 Å². The number of carbonyl (C=O) groups is 6. The highest BCUT2D eigenvalue weighted by atomic mass is 19.1. The van der Waals surface area contributed by atoms with Crippen molar-refractivity contribution in [2.75, 3.05) is 72.0 Å². The van der Waals surface area contributed by atoms with Crippen LogP contribution in [0.5, 0.6) is 0 Å². The maximum atomic E-state index is 14.8. The summed E-state index contributed by atoms with van der Waals surface area (Å²) in [4.78, 5) is 140. The minimum Gasteiger partial charge on any atom is -0.338 e. The average molecular weight is 1830 g/mol. The van der Waals surface area contributed by atoms with Crippen molar-refractivity contribution in [2.24, 2.45) is 41.4 Å². The second kappa shape index (κ2) is 37.9. The Morgan fingerprint density at radius 1 is 0.316 bits per heavy atom. The molecule has 7 aliphatic heterocycles. The summed E-state index contributed by atoms with van der Waals surface area (Å²) in [7, 11) is 0. The van der Waals surface area contributed by atoms with Gasteiger partial charge in [0.05, 0.1) is 103 Å². The normalized spacial score (nSPS) is 18.8. The lowest BCUT2D eigenvalue weighted by Crippen LogP contribution is -2.38. The lowest BCUT2D eigenvalue weighted by atomic mass is 10.00. The van der Waals surface area contributed by atoms with Crippen LogP contribution in [0.3, 0.4) is 0 Å². The minimum absolute atomic E-state index is 0.0225. The van der Waals surface area contributed by atoms with Crippen LogP contribution in [0.15, 0.2) is 256 Å². The topological polar surface area (TPSA) is 337 Å². The smallest absolute Gasteiger partial charge is 0.272 e. The van der Waals surface area contributed by atoms with Gasteiger partial charge in [-0.05, 0) is 149 Å². The highest BCUT2D eigenvalue weighted by molar-refractivity contribution is 6.07. The van der Waals surface area contributed by atoms with E-state index in [-0.39, 0.29) is 100 Å². The molecule has 686 valence electrons. The number of aromatic amines is 5. The van der Waals surface area contributed by atoms with Crippen LogP contribution >= 0.6 is 0 Å². The molecule has 12 heterocycles. The predicted octanol–water partition coefficient (Wildman–Crippen LogP) is 12.4. The first-order chi connectivity index (χ1) is 66.1. The SMILES string of the molecule is O=C(c1cc(Cc2n[nH]c(=O)c3ccccc23)ccc1F)N1CC2C(=O)N(Cc3ccccc3)C(=O)C2C1.O=C(c1cc(Cc2n[nH]c(=O)c3ccccc23)ccc1F)N1CC2CN(CC3CC3)CC2C1.O=C(c1cc(Cc2n[nH]c(=O)c3ccccc23)ccc1F)N1CC2CN(Cc3ccccc3)CC2C1.O=C(c1cc(Cc2n[nH]c(=O)c3ccccc23)ccc1F)N1Cc2cn[nH]c2C1. The van der Waals surface area contributed by atoms with Crippen molar-refractivity contribution in [3.63, 3.8) is 0 Å². The summed E-state index contributed by atoms with van der Waals surface area (Å²) in [6, 6.07) is 66.6. The molecule has 0 radical (unpaired) electrons. The lowest BCUT2D eigenvalue weighted by molar-refractivity contribution is -0.141. The van der Waals surface area contributed by atoms with E-state index >= 15 is 0 Å². The van der Waals surface area contributed by atoms with Gasteiger partial charge in [0.25, 0.3) is 45.9 Å². The number of imide groups is 1. The fourth-order valence-corrected chi connectivity index (χ4v) is 20.5. The quantitative estimate of drug-likeness (QED) is 0.0393. The van der Waals surface area contributed by atoms with E-state index in [9.17, 15) is 65.5 Å². The molecule has 15 aromatic rings. The van der Waals surface area contributed by atoms with Gasteiger partial charge in [0.1, 0.15) is 23.3 Å². The first-order valence-electron chi connectivity index (χ1n) is 45.7. The van der Waals surface area contributed by atoms with Crippen LogP contribution in [0.1, 0.15) is 122 Å². The molecule has 31 heteroatoms. The molecular weight excluding hydrogens is 1740 g/mol. The van der Waals surface area contributed by atoms with Crippen LogP contribution in [0, 0.1) is 64.7 Å². The van der Waals surface area contributed by atoms with Gasteiger partial charge in [-0.1, -0.05) is 158 Å². The van der Waals surface area contributed by atoms with E-state index in [1.165, 1.54) is 65.1 Å². The number of nitrogens with zero attached hydrogens (tertiary/aromatic N) is 12. The largest absolute Gasteiger partial charge is 0.338 e. The summed E-state index contributed by atoms with van der Waals surface area (Å²) in [5, 5.41) is 38.7. The minimum atomic E-state index is -0.682. The molecule has 1 saturated carbocycles. The number of amides is 6. The number of hydrogen-bond acceptors (Lipinski definition) is 17. The molecule has 8 aliphatic rings. The van der Waals surface area contributed by atoms with E-state index in [0.717, 1.165) is 88.3 Å². The van der Waals surface area contributed by atoms with Crippen LogP contribution < -0.4 is 22.2 Å². The molecule has 0 bridgehead atoms. The molecule has 27 nitrogen and oxygen atoms in total. The van der Waals surface area contributed by atoms with Crippen molar-refractivity contribution in [3.8, 4) is 0 Å². The molecule has 7 fully saturated rings. The van der Waals surface area contributed by atoms with E-state index in [0.29, 0.717) is 137 Å². The number of aromatic nitrogens is 10. The summed E-state index contributed by atoms with van der Waals surface area (Å²) >= 11 is 0. The van der Waals surface area contributed by atoms with Gasteiger partial charge in [0, 0.05) is 138 Å². The Morgan fingerprint density at radius 3 is 0.963 bits per heavy atom. The number of rotatable bonds is 18. The van der Waals surface area contributed by atoms with E-state index in [1.807, 2.05) is 94.7 Å². The summed E-state index contributed by atoms with van der Waals surface area (Å²) in [5.41, 5.74) is 8.62. The Hall–Kier alpha value is -15.4. The molecule has 10 aromatic carbocycles. The van der Waals surface area contributed by atoms with Crippen molar-refractivity contribution in [1.29, 1.82) is 0 Å². The molecule has 6 unspecified atom stereocenters. The summed E-state index contributed by atoms with van der Waals surface area (Å²) < 4.78 is 58.8. The predicted molar refractivity (Wildman–Crippen MR) is 500 cm³/mol. The van der Waals surface area contributed by atoms with Crippen LogP contribution in [0.4, 0.5) is 17.6 Å². The van der Waals surface area contributed by atoms with E-state index in [4.69, 9.17) is 0 Å². The zero-order chi connectivity index (χ0) is 93.5. The Bertz CT molecular complexity index is 7400. The van der Waals surface area contributed by atoms with Gasteiger partial charge < -0.3 is 24.5 Å². The molecule has 6 amide bonds. The van der Waals surface area contributed by atoms with E-state index in [1.54, 1.807) is 102 Å². The third-order valence-corrected chi connectivity index (χ3v) is 27.6. The van der Waals surface area contributed by atoms with Gasteiger partial charge in [0.2, 0.25) is 11.8 Å². The second-order valence-electron chi connectivity index (χ2n) is 36.7. The third-order valence-electron chi connectivity index (χ3n) is 27.6. The van der Waals surface area contributed by atoms with Crippen molar-refractivity contribution < 1.29 is 46.3 Å². The van der Waals surface area contributed by atoms with E-state index in [2.05, 4.69) is 85.1 Å². The fraction of sp³-hybridized carbons (Fsp3) is 0.267. The van der Waals surface area contributed by atoms with Gasteiger partial charge in [-0.3, -0.25) is 62.8 Å². The molecule has 5 N–H and O–H groups in total. The first-order valence-corrected chi connectivity index (χ1v) is 45.7. The fourth-order valence-electron chi connectivity index (χ4n) is 20.5. The number of likely N-dealkylation sites (tertiary alicyclic amines) is 6. The van der Waals surface area contributed by atoms with Crippen molar-refractivity contribution in [1.82, 2.24) is 85.3 Å². The molecule has 23 rings (SSSR count). The zero-order valence-electron chi connectivity index (χ0n) is 73.9. The lowest BCUT2D eigenvalue weighted by Gasteiger charge is -2.22. The number of hydrogen-bond donors (Lipinski definition) is 5. The van der Waals surface area contributed by atoms with Crippen LogP contribution in [-0.2, 0) is 61.5 Å². The number of nitrogens with one attached hydrogen (secondary N) is 5. The Labute approximate surface area is 775 Å². The highest BCUT2D eigenvalue weighted by Gasteiger charge is 2.54. The summed E-state index contributed by atoms with van der Waals surface area (Å²) in [6.07, 6.45) is 5.82. The van der Waals surface area contributed by atoms with Crippen molar-refractivity contribution in [3.05, 3.63) is 391 Å². The Morgan fingerprint density at radius 2 is 0.625 bits per heavy atom. The van der Waals surface area contributed by atoms with Gasteiger partial charge in [0.15, 0.2) is 0 Å². The van der Waals surface area contributed by atoms with Crippen molar-refractivity contribution in [2.45, 2.75) is 64.7 Å².